The van der Waals surface area contributed by atoms with Crippen molar-refractivity contribution in [1.82, 2.24) is 4.90 Å². The minimum atomic E-state index is -0.482. The molecule has 0 unspecified atom stereocenters. The molecular formula is C16H25N3O. The Labute approximate surface area is 121 Å². The predicted octanol–water partition coefficient (Wildman–Crippen LogP) is 1.31. The van der Waals surface area contributed by atoms with Crippen molar-refractivity contribution in [1.29, 1.82) is 0 Å². The van der Waals surface area contributed by atoms with E-state index in [4.69, 9.17) is 11.5 Å². The van der Waals surface area contributed by atoms with Gasteiger partial charge in [-0.2, -0.15) is 0 Å². The van der Waals surface area contributed by atoms with Gasteiger partial charge in [-0.25, -0.2) is 0 Å². The van der Waals surface area contributed by atoms with E-state index < -0.39 is 6.04 Å². The van der Waals surface area contributed by atoms with Crippen molar-refractivity contribution >= 4 is 5.91 Å². The molecule has 1 aromatic carbocycles. The van der Waals surface area contributed by atoms with Crippen LogP contribution in [0.15, 0.2) is 30.3 Å². The summed E-state index contributed by atoms with van der Waals surface area (Å²) in [6.45, 7) is 7.21. The van der Waals surface area contributed by atoms with Gasteiger partial charge in [-0.3, -0.25) is 4.79 Å². The lowest BCUT2D eigenvalue weighted by Gasteiger charge is -2.30. The molecule has 0 saturated carbocycles. The van der Waals surface area contributed by atoms with Gasteiger partial charge in [0.05, 0.1) is 6.04 Å². The Morgan fingerprint density at radius 3 is 2.40 bits per heavy atom. The highest BCUT2D eigenvalue weighted by Gasteiger charge is 2.38. The van der Waals surface area contributed by atoms with Gasteiger partial charge in [-0.15, -0.1) is 0 Å². The standard InChI is InChI=1S/C16H25N3O/c1-16(2,3)14(18)15(20)19-9-12(13(17)10-19)11-7-5-4-6-8-11/h4-8,12-14H,9-10,17-18H2,1-3H3/t12-,13+,14+/m0/s1. The van der Waals surface area contributed by atoms with Crippen molar-refractivity contribution < 1.29 is 4.79 Å². The first-order chi connectivity index (χ1) is 9.30. The maximum atomic E-state index is 12.5. The molecule has 4 N–H and O–H groups in total. The van der Waals surface area contributed by atoms with E-state index in [1.165, 1.54) is 5.56 Å². The SMILES string of the molecule is CC(C)(C)[C@H](N)C(=O)N1C[C@@H](N)[C@H](c2ccccc2)C1. The fourth-order valence-corrected chi connectivity index (χ4v) is 2.63. The third kappa shape index (κ3) is 3.02. The molecule has 1 aromatic rings. The minimum Gasteiger partial charge on any atom is -0.339 e. The summed E-state index contributed by atoms with van der Waals surface area (Å²) in [6, 6.07) is 9.64. The largest absolute Gasteiger partial charge is 0.339 e. The van der Waals surface area contributed by atoms with Crippen LogP contribution in [0.4, 0.5) is 0 Å². The van der Waals surface area contributed by atoms with Crippen LogP contribution >= 0.6 is 0 Å². The average molecular weight is 275 g/mol. The van der Waals surface area contributed by atoms with Crippen LogP contribution in [-0.4, -0.2) is 36.0 Å². The van der Waals surface area contributed by atoms with E-state index in [9.17, 15) is 4.79 Å². The lowest BCUT2D eigenvalue weighted by atomic mass is 9.86. The molecule has 1 fully saturated rings. The summed E-state index contributed by atoms with van der Waals surface area (Å²) in [7, 11) is 0. The van der Waals surface area contributed by atoms with E-state index in [1.54, 1.807) is 0 Å². The fraction of sp³-hybridized carbons (Fsp3) is 0.562. The van der Waals surface area contributed by atoms with Gasteiger partial charge in [0.2, 0.25) is 5.91 Å². The molecule has 110 valence electrons. The maximum Gasteiger partial charge on any atom is 0.240 e. The highest BCUT2D eigenvalue weighted by Crippen LogP contribution is 2.28. The summed E-state index contributed by atoms with van der Waals surface area (Å²) in [5.41, 5.74) is 13.2. The molecule has 0 aliphatic carbocycles. The van der Waals surface area contributed by atoms with Crippen LogP contribution in [0.1, 0.15) is 32.3 Å². The lowest BCUT2D eigenvalue weighted by molar-refractivity contribution is -0.133. The molecule has 1 aliphatic heterocycles. The topological polar surface area (TPSA) is 72.4 Å². The first-order valence-electron chi connectivity index (χ1n) is 7.15. The fourth-order valence-electron chi connectivity index (χ4n) is 2.63. The number of nitrogens with zero attached hydrogens (tertiary/aromatic N) is 1. The van der Waals surface area contributed by atoms with Crippen molar-refractivity contribution in [3.63, 3.8) is 0 Å². The molecule has 2 rings (SSSR count). The number of hydrogen-bond donors (Lipinski definition) is 2. The zero-order valence-corrected chi connectivity index (χ0v) is 12.5. The van der Waals surface area contributed by atoms with Gasteiger partial charge >= 0.3 is 0 Å². The number of rotatable bonds is 2. The van der Waals surface area contributed by atoms with Gasteiger partial charge in [-0.05, 0) is 11.0 Å². The highest BCUT2D eigenvalue weighted by molar-refractivity contribution is 5.83. The number of likely N-dealkylation sites (tertiary alicyclic amines) is 1. The molecule has 1 aliphatic rings. The first-order valence-corrected chi connectivity index (χ1v) is 7.15. The van der Waals surface area contributed by atoms with Gasteiger partial charge in [0.1, 0.15) is 0 Å². The Kier molecular flexibility index (Phi) is 4.16. The second-order valence-corrected chi connectivity index (χ2v) is 6.77. The monoisotopic (exact) mass is 275 g/mol. The van der Waals surface area contributed by atoms with E-state index in [0.717, 1.165) is 0 Å². The summed E-state index contributed by atoms with van der Waals surface area (Å²) in [6.07, 6.45) is 0. The molecule has 0 radical (unpaired) electrons. The highest BCUT2D eigenvalue weighted by atomic mass is 16.2. The third-order valence-electron chi connectivity index (χ3n) is 4.10. The number of nitrogens with two attached hydrogens (primary N) is 2. The van der Waals surface area contributed by atoms with E-state index in [1.807, 2.05) is 43.9 Å². The van der Waals surface area contributed by atoms with E-state index in [2.05, 4.69) is 12.1 Å². The van der Waals surface area contributed by atoms with E-state index in [-0.39, 0.29) is 23.3 Å². The Bertz CT molecular complexity index is 466. The molecule has 1 amide bonds. The molecule has 20 heavy (non-hydrogen) atoms. The summed E-state index contributed by atoms with van der Waals surface area (Å²) in [5, 5.41) is 0. The third-order valence-corrected chi connectivity index (χ3v) is 4.10. The van der Waals surface area contributed by atoms with Gasteiger partial charge in [-0.1, -0.05) is 51.1 Å². The van der Waals surface area contributed by atoms with Crippen LogP contribution in [0.3, 0.4) is 0 Å². The summed E-state index contributed by atoms with van der Waals surface area (Å²) in [4.78, 5) is 14.3. The zero-order chi connectivity index (χ0) is 14.9. The average Bonchev–Trinajstić information content (AvgIpc) is 2.79. The Hall–Kier alpha value is -1.39. The molecule has 3 atom stereocenters. The Morgan fingerprint density at radius 1 is 1.25 bits per heavy atom. The molecular weight excluding hydrogens is 250 g/mol. The van der Waals surface area contributed by atoms with Crippen LogP contribution in [-0.2, 0) is 4.79 Å². The summed E-state index contributed by atoms with van der Waals surface area (Å²) in [5.74, 6) is 0.207. The Morgan fingerprint density at radius 2 is 1.85 bits per heavy atom. The van der Waals surface area contributed by atoms with Crippen LogP contribution in [0.2, 0.25) is 0 Å². The maximum absolute atomic E-state index is 12.5. The molecule has 1 heterocycles. The normalized spacial score (nSPS) is 24.8. The van der Waals surface area contributed by atoms with Gasteiger partial charge in [0, 0.05) is 25.0 Å². The van der Waals surface area contributed by atoms with Gasteiger partial charge in [0.15, 0.2) is 0 Å². The second kappa shape index (κ2) is 5.54. The number of carbonyl (C=O) groups excluding carboxylic acids is 1. The second-order valence-electron chi connectivity index (χ2n) is 6.77. The van der Waals surface area contributed by atoms with Crippen molar-refractivity contribution in [2.24, 2.45) is 16.9 Å². The number of benzene rings is 1. The number of amides is 1. The van der Waals surface area contributed by atoms with Gasteiger partial charge in [0.25, 0.3) is 0 Å². The lowest BCUT2D eigenvalue weighted by Crippen LogP contribution is -2.50. The van der Waals surface area contributed by atoms with Gasteiger partial charge < -0.3 is 16.4 Å². The molecule has 0 spiro atoms. The van der Waals surface area contributed by atoms with Crippen molar-refractivity contribution in [2.75, 3.05) is 13.1 Å². The quantitative estimate of drug-likeness (QED) is 0.855. The van der Waals surface area contributed by atoms with E-state index >= 15 is 0 Å². The molecule has 4 nitrogen and oxygen atoms in total. The van der Waals surface area contributed by atoms with Crippen molar-refractivity contribution in [3.8, 4) is 0 Å². The summed E-state index contributed by atoms with van der Waals surface area (Å²) >= 11 is 0. The number of hydrogen-bond acceptors (Lipinski definition) is 3. The predicted molar refractivity (Wildman–Crippen MR) is 81.2 cm³/mol. The minimum absolute atomic E-state index is 0.00591. The smallest absolute Gasteiger partial charge is 0.240 e. The van der Waals surface area contributed by atoms with Crippen LogP contribution in [0.25, 0.3) is 0 Å². The Balaban J connectivity index is 2.09. The van der Waals surface area contributed by atoms with Crippen molar-refractivity contribution in [2.45, 2.75) is 38.8 Å². The number of carbonyl (C=O) groups is 1. The van der Waals surface area contributed by atoms with Crippen LogP contribution in [0, 0.1) is 5.41 Å². The van der Waals surface area contributed by atoms with Crippen LogP contribution in [0.5, 0.6) is 0 Å². The zero-order valence-electron chi connectivity index (χ0n) is 12.5. The molecule has 4 heteroatoms. The van der Waals surface area contributed by atoms with E-state index in [0.29, 0.717) is 13.1 Å². The first kappa shape index (κ1) is 15.0. The molecule has 1 saturated heterocycles. The van der Waals surface area contributed by atoms with Crippen LogP contribution < -0.4 is 11.5 Å². The molecule has 0 aromatic heterocycles. The summed E-state index contributed by atoms with van der Waals surface area (Å²) < 4.78 is 0. The van der Waals surface area contributed by atoms with Crippen molar-refractivity contribution in [3.05, 3.63) is 35.9 Å². The molecule has 0 bridgehead atoms.